The second-order valence-corrected chi connectivity index (χ2v) is 5.04. The van der Waals surface area contributed by atoms with Crippen LogP contribution in [0.4, 0.5) is 0 Å². The molecule has 17 heavy (non-hydrogen) atoms. The molecular weight excluding hydrogens is 214 g/mol. The molecule has 2 rings (SSSR count). The summed E-state index contributed by atoms with van der Waals surface area (Å²) >= 11 is 0. The van der Waals surface area contributed by atoms with Gasteiger partial charge in [0.15, 0.2) is 0 Å². The van der Waals surface area contributed by atoms with Crippen molar-refractivity contribution < 1.29 is 4.74 Å². The van der Waals surface area contributed by atoms with E-state index in [9.17, 15) is 0 Å². The number of aromatic nitrogens is 2. The van der Waals surface area contributed by atoms with Crippen LogP contribution in [0.3, 0.4) is 0 Å². The number of aryl methyl sites for hydroxylation is 2. The van der Waals surface area contributed by atoms with Crippen molar-refractivity contribution in [3.8, 4) is 0 Å². The lowest BCUT2D eigenvalue weighted by Gasteiger charge is -2.24. The average Bonchev–Trinajstić information content (AvgIpc) is 2.84. The molecular formula is C13H23N3O. The standard InChI is InChI=1S/C13H23N3O/c1-9(11-8-16(3)15-10(11)2)14-12-6-5-7-13(12)17-4/h8-9,12-14H,5-7H2,1-4H3. The summed E-state index contributed by atoms with van der Waals surface area (Å²) in [5.74, 6) is 0. The van der Waals surface area contributed by atoms with Crippen molar-refractivity contribution in [3.05, 3.63) is 17.5 Å². The van der Waals surface area contributed by atoms with E-state index in [2.05, 4.69) is 30.5 Å². The molecule has 0 spiro atoms. The summed E-state index contributed by atoms with van der Waals surface area (Å²) in [6, 6.07) is 0.819. The first kappa shape index (κ1) is 12.6. The first-order valence-corrected chi connectivity index (χ1v) is 6.40. The van der Waals surface area contributed by atoms with Gasteiger partial charge in [0.05, 0.1) is 11.8 Å². The van der Waals surface area contributed by atoms with Gasteiger partial charge in [0.25, 0.3) is 0 Å². The van der Waals surface area contributed by atoms with Crippen LogP contribution in [-0.4, -0.2) is 29.0 Å². The minimum Gasteiger partial charge on any atom is -0.380 e. The smallest absolute Gasteiger partial charge is 0.0724 e. The lowest BCUT2D eigenvalue weighted by Crippen LogP contribution is -2.38. The second kappa shape index (κ2) is 5.19. The second-order valence-electron chi connectivity index (χ2n) is 5.04. The quantitative estimate of drug-likeness (QED) is 0.870. The molecule has 0 amide bonds. The predicted molar refractivity (Wildman–Crippen MR) is 67.9 cm³/mol. The Morgan fingerprint density at radius 2 is 2.29 bits per heavy atom. The summed E-state index contributed by atoms with van der Waals surface area (Å²) in [5, 5.41) is 8.06. The van der Waals surface area contributed by atoms with Crippen molar-refractivity contribution in [1.29, 1.82) is 0 Å². The number of nitrogens with zero attached hydrogens (tertiary/aromatic N) is 2. The van der Waals surface area contributed by atoms with Gasteiger partial charge in [-0.25, -0.2) is 0 Å². The molecule has 1 aromatic heterocycles. The van der Waals surface area contributed by atoms with Gasteiger partial charge in [-0.05, 0) is 33.1 Å². The van der Waals surface area contributed by atoms with Crippen molar-refractivity contribution in [3.63, 3.8) is 0 Å². The van der Waals surface area contributed by atoms with Crippen LogP contribution in [0.25, 0.3) is 0 Å². The summed E-state index contributed by atoms with van der Waals surface area (Å²) in [7, 11) is 3.78. The molecule has 1 aliphatic rings. The monoisotopic (exact) mass is 237 g/mol. The zero-order chi connectivity index (χ0) is 12.4. The largest absolute Gasteiger partial charge is 0.380 e. The third-order valence-electron chi connectivity index (χ3n) is 3.74. The van der Waals surface area contributed by atoms with Crippen molar-refractivity contribution in [2.75, 3.05) is 7.11 Å². The molecule has 3 unspecified atom stereocenters. The third-order valence-corrected chi connectivity index (χ3v) is 3.74. The van der Waals surface area contributed by atoms with Crippen LogP contribution in [-0.2, 0) is 11.8 Å². The van der Waals surface area contributed by atoms with E-state index in [0.29, 0.717) is 18.2 Å². The van der Waals surface area contributed by atoms with E-state index >= 15 is 0 Å². The summed E-state index contributed by atoms with van der Waals surface area (Å²) < 4.78 is 7.39. The van der Waals surface area contributed by atoms with Crippen LogP contribution in [0.2, 0.25) is 0 Å². The van der Waals surface area contributed by atoms with Crippen molar-refractivity contribution in [1.82, 2.24) is 15.1 Å². The van der Waals surface area contributed by atoms with Gasteiger partial charge in [-0.1, -0.05) is 0 Å². The highest BCUT2D eigenvalue weighted by atomic mass is 16.5. The van der Waals surface area contributed by atoms with E-state index < -0.39 is 0 Å². The first-order chi connectivity index (χ1) is 8.11. The Morgan fingerprint density at radius 1 is 1.53 bits per heavy atom. The van der Waals surface area contributed by atoms with E-state index in [0.717, 1.165) is 5.69 Å². The molecule has 1 N–H and O–H groups in total. The van der Waals surface area contributed by atoms with Gasteiger partial charge in [0, 0.05) is 38.0 Å². The molecule has 1 aromatic rings. The molecule has 0 radical (unpaired) electrons. The van der Waals surface area contributed by atoms with E-state index in [1.54, 1.807) is 0 Å². The highest BCUT2D eigenvalue weighted by Gasteiger charge is 2.28. The Hall–Kier alpha value is -0.870. The van der Waals surface area contributed by atoms with Crippen LogP contribution in [0.5, 0.6) is 0 Å². The topological polar surface area (TPSA) is 39.1 Å². The first-order valence-electron chi connectivity index (χ1n) is 6.40. The minimum atomic E-state index is 0.337. The SMILES string of the molecule is COC1CCCC1NC(C)c1cn(C)nc1C. The molecule has 0 saturated heterocycles. The highest BCUT2D eigenvalue weighted by molar-refractivity contribution is 5.19. The maximum atomic E-state index is 5.51. The van der Waals surface area contributed by atoms with E-state index in [-0.39, 0.29) is 0 Å². The van der Waals surface area contributed by atoms with Crippen molar-refractivity contribution in [2.45, 2.75) is 51.3 Å². The molecule has 1 aliphatic carbocycles. The van der Waals surface area contributed by atoms with Crippen LogP contribution >= 0.6 is 0 Å². The molecule has 0 bridgehead atoms. The average molecular weight is 237 g/mol. The number of nitrogens with one attached hydrogen (secondary N) is 1. The minimum absolute atomic E-state index is 0.337. The summed E-state index contributed by atoms with van der Waals surface area (Å²) in [5.41, 5.74) is 2.40. The van der Waals surface area contributed by atoms with E-state index in [1.165, 1.54) is 24.8 Å². The number of ether oxygens (including phenoxy) is 1. The summed E-state index contributed by atoms with van der Waals surface area (Å²) in [6.07, 6.45) is 6.11. The van der Waals surface area contributed by atoms with Crippen LogP contribution in [0.1, 0.15) is 43.5 Å². The van der Waals surface area contributed by atoms with E-state index in [1.807, 2.05) is 18.8 Å². The van der Waals surface area contributed by atoms with Gasteiger partial charge in [0.2, 0.25) is 0 Å². The zero-order valence-corrected chi connectivity index (χ0v) is 11.2. The Bertz CT molecular complexity index is 375. The molecule has 0 aliphatic heterocycles. The Labute approximate surface area is 103 Å². The van der Waals surface area contributed by atoms with Gasteiger partial charge < -0.3 is 10.1 Å². The van der Waals surface area contributed by atoms with Crippen LogP contribution in [0.15, 0.2) is 6.20 Å². The van der Waals surface area contributed by atoms with Crippen LogP contribution < -0.4 is 5.32 Å². The predicted octanol–water partition coefficient (Wildman–Crippen LogP) is 1.95. The molecule has 4 nitrogen and oxygen atoms in total. The Kier molecular flexibility index (Phi) is 3.84. The Balaban J connectivity index is 2.01. The van der Waals surface area contributed by atoms with Crippen molar-refractivity contribution in [2.24, 2.45) is 7.05 Å². The number of rotatable bonds is 4. The third kappa shape index (κ3) is 2.69. The fourth-order valence-corrected chi connectivity index (χ4v) is 2.85. The molecule has 96 valence electrons. The lowest BCUT2D eigenvalue weighted by atomic mass is 10.1. The van der Waals surface area contributed by atoms with Gasteiger partial charge in [0.1, 0.15) is 0 Å². The zero-order valence-electron chi connectivity index (χ0n) is 11.2. The summed E-state index contributed by atoms with van der Waals surface area (Å²) in [6.45, 7) is 4.27. The van der Waals surface area contributed by atoms with Crippen LogP contribution in [0, 0.1) is 6.92 Å². The maximum Gasteiger partial charge on any atom is 0.0724 e. The van der Waals surface area contributed by atoms with Gasteiger partial charge >= 0.3 is 0 Å². The molecule has 4 heteroatoms. The van der Waals surface area contributed by atoms with Crippen molar-refractivity contribution >= 4 is 0 Å². The van der Waals surface area contributed by atoms with Gasteiger partial charge in [-0.2, -0.15) is 5.10 Å². The molecule has 1 saturated carbocycles. The highest BCUT2D eigenvalue weighted by Crippen LogP contribution is 2.25. The molecule has 0 aromatic carbocycles. The van der Waals surface area contributed by atoms with Gasteiger partial charge in [-0.3, -0.25) is 4.68 Å². The fourth-order valence-electron chi connectivity index (χ4n) is 2.85. The number of hydrogen-bond donors (Lipinski definition) is 1. The fraction of sp³-hybridized carbons (Fsp3) is 0.769. The number of methoxy groups -OCH3 is 1. The number of hydrogen-bond acceptors (Lipinski definition) is 3. The Morgan fingerprint density at radius 3 is 2.88 bits per heavy atom. The van der Waals surface area contributed by atoms with Gasteiger partial charge in [-0.15, -0.1) is 0 Å². The molecule has 1 fully saturated rings. The maximum absolute atomic E-state index is 5.51. The molecule has 3 atom stereocenters. The summed E-state index contributed by atoms with van der Waals surface area (Å²) in [4.78, 5) is 0. The normalized spacial score (nSPS) is 26.4. The molecule has 1 heterocycles. The lowest BCUT2D eigenvalue weighted by molar-refractivity contribution is 0.0819. The van der Waals surface area contributed by atoms with E-state index in [4.69, 9.17) is 4.74 Å².